The summed E-state index contributed by atoms with van der Waals surface area (Å²) in [6.07, 6.45) is 1.41. The number of ether oxygens (including phenoxy) is 1. The number of rotatable bonds is 8. The molecule has 0 saturated heterocycles. The Morgan fingerprint density at radius 3 is 2.60 bits per heavy atom. The molecule has 0 aromatic carbocycles. The highest BCUT2D eigenvalue weighted by atomic mass is 16.5. The number of carbonyl (C=O) groups excluding carboxylic acids is 1. The molecule has 1 unspecified atom stereocenters. The van der Waals surface area contributed by atoms with E-state index in [-0.39, 0.29) is 18.4 Å². The zero-order valence-electron chi connectivity index (χ0n) is 10.0. The fourth-order valence-electron chi connectivity index (χ4n) is 1.52. The van der Waals surface area contributed by atoms with Crippen molar-refractivity contribution in [2.45, 2.75) is 26.7 Å². The van der Waals surface area contributed by atoms with Crippen LogP contribution in [0.2, 0.25) is 0 Å². The molecule has 0 heterocycles. The smallest absolute Gasteiger partial charge is 0.223 e. The van der Waals surface area contributed by atoms with Gasteiger partial charge in [-0.25, -0.2) is 0 Å². The number of methoxy groups -OCH3 is 1. The molecule has 0 bridgehead atoms. The maximum atomic E-state index is 11.8. The highest BCUT2D eigenvalue weighted by molar-refractivity contribution is 5.76. The van der Waals surface area contributed by atoms with E-state index in [4.69, 9.17) is 9.84 Å². The highest BCUT2D eigenvalue weighted by Crippen LogP contribution is 2.06. The molecule has 15 heavy (non-hydrogen) atoms. The van der Waals surface area contributed by atoms with E-state index in [1.807, 2.05) is 13.8 Å². The predicted octanol–water partition coefficient (Wildman–Crippen LogP) is 0.890. The van der Waals surface area contributed by atoms with Crippen LogP contribution in [-0.4, -0.2) is 49.3 Å². The Hall–Kier alpha value is -0.610. The molecule has 1 atom stereocenters. The molecule has 0 spiro atoms. The van der Waals surface area contributed by atoms with Gasteiger partial charge in [0.25, 0.3) is 0 Å². The minimum atomic E-state index is 0.0321. The molecular formula is C11H23NO3. The zero-order valence-corrected chi connectivity index (χ0v) is 10.0. The Bertz CT molecular complexity index is 167. The van der Waals surface area contributed by atoms with Gasteiger partial charge in [-0.15, -0.1) is 0 Å². The van der Waals surface area contributed by atoms with Gasteiger partial charge in [0.05, 0.1) is 6.61 Å². The average molecular weight is 217 g/mol. The molecule has 4 nitrogen and oxygen atoms in total. The Kier molecular flexibility index (Phi) is 8.33. The molecular weight excluding hydrogens is 194 g/mol. The Morgan fingerprint density at radius 2 is 2.13 bits per heavy atom. The number of hydrogen-bond acceptors (Lipinski definition) is 3. The van der Waals surface area contributed by atoms with Crippen molar-refractivity contribution in [3.8, 4) is 0 Å². The first-order valence-corrected chi connectivity index (χ1v) is 5.53. The standard InChI is InChI=1S/C11H23NO3/c1-4-5-12(6-7-13)11(14)8-10(2)9-15-3/h10,13H,4-9H2,1-3H3. The van der Waals surface area contributed by atoms with Crippen LogP contribution in [0.1, 0.15) is 26.7 Å². The molecule has 0 aliphatic carbocycles. The van der Waals surface area contributed by atoms with Crippen LogP contribution in [0.3, 0.4) is 0 Å². The monoisotopic (exact) mass is 217 g/mol. The summed E-state index contributed by atoms with van der Waals surface area (Å²) in [5.41, 5.74) is 0. The summed E-state index contributed by atoms with van der Waals surface area (Å²) < 4.78 is 4.98. The molecule has 0 radical (unpaired) electrons. The van der Waals surface area contributed by atoms with E-state index in [2.05, 4.69) is 0 Å². The van der Waals surface area contributed by atoms with Crippen LogP contribution in [0, 0.1) is 5.92 Å². The van der Waals surface area contributed by atoms with E-state index < -0.39 is 0 Å². The van der Waals surface area contributed by atoms with Crippen molar-refractivity contribution in [2.24, 2.45) is 5.92 Å². The topological polar surface area (TPSA) is 49.8 Å². The maximum absolute atomic E-state index is 11.8. The van der Waals surface area contributed by atoms with Gasteiger partial charge < -0.3 is 14.7 Å². The summed E-state index contributed by atoms with van der Waals surface area (Å²) in [5.74, 6) is 0.344. The zero-order chi connectivity index (χ0) is 11.7. The van der Waals surface area contributed by atoms with Crippen molar-refractivity contribution in [1.29, 1.82) is 0 Å². The number of aliphatic hydroxyl groups is 1. The van der Waals surface area contributed by atoms with E-state index in [1.54, 1.807) is 12.0 Å². The number of aliphatic hydroxyl groups excluding tert-OH is 1. The summed E-state index contributed by atoms with van der Waals surface area (Å²) in [7, 11) is 1.64. The second-order valence-corrected chi connectivity index (χ2v) is 3.87. The molecule has 4 heteroatoms. The van der Waals surface area contributed by atoms with E-state index >= 15 is 0 Å². The first-order valence-electron chi connectivity index (χ1n) is 5.53. The molecule has 0 aromatic rings. The Labute approximate surface area is 92.2 Å². The van der Waals surface area contributed by atoms with Gasteiger partial charge in [-0.05, 0) is 12.3 Å². The number of carbonyl (C=O) groups is 1. The van der Waals surface area contributed by atoms with Crippen LogP contribution in [-0.2, 0) is 9.53 Å². The molecule has 0 rings (SSSR count). The van der Waals surface area contributed by atoms with Gasteiger partial charge in [-0.2, -0.15) is 0 Å². The molecule has 90 valence electrons. The van der Waals surface area contributed by atoms with Crippen LogP contribution in [0.5, 0.6) is 0 Å². The molecule has 0 aromatic heterocycles. The van der Waals surface area contributed by atoms with Crippen molar-refractivity contribution in [3.05, 3.63) is 0 Å². The van der Waals surface area contributed by atoms with Crippen LogP contribution in [0.15, 0.2) is 0 Å². The summed E-state index contributed by atoms with van der Waals surface area (Å²) in [6.45, 7) is 5.81. The Morgan fingerprint density at radius 1 is 1.47 bits per heavy atom. The van der Waals surface area contributed by atoms with Crippen LogP contribution in [0.25, 0.3) is 0 Å². The number of hydrogen-bond donors (Lipinski definition) is 1. The van der Waals surface area contributed by atoms with Crippen molar-refractivity contribution in [2.75, 3.05) is 33.4 Å². The lowest BCUT2D eigenvalue weighted by Gasteiger charge is -2.22. The van der Waals surface area contributed by atoms with Gasteiger partial charge >= 0.3 is 0 Å². The van der Waals surface area contributed by atoms with Gasteiger partial charge in [-0.3, -0.25) is 4.79 Å². The second-order valence-electron chi connectivity index (χ2n) is 3.87. The minimum Gasteiger partial charge on any atom is -0.395 e. The van der Waals surface area contributed by atoms with Gasteiger partial charge in [0, 0.05) is 33.2 Å². The average Bonchev–Trinajstić information content (AvgIpc) is 2.17. The molecule has 1 amide bonds. The van der Waals surface area contributed by atoms with Gasteiger partial charge in [0.2, 0.25) is 5.91 Å². The third kappa shape index (κ3) is 6.47. The molecule has 0 aliphatic heterocycles. The van der Waals surface area contributed by atoms with Gasteiger partial charge in [0.1, 0.15) is 0 Å². The van der Waals surface area contributed by atoms with E-state index in [0.717, 1.165) is 13.0 Å². The largest absolute Gasteiger partial charge is 0.395 e. The fraction of sp³-hybridized carbons (Fsp3) is 0.909. The lowest BCUT2D eigenvalue weighted by molar-refractivity contribution is -0.133. The second kappa shape index (κ2) is 8.68. The van der Waals surface area contributed by atoms with Crippen LogP contribution in [0.4, 0.5) is 0 Å². The van der Waals surface area contributed by atoms with Crippen LogP contribution < -0.4 is 0 Å². The van der Waals surface area contributed by atoms with Crippen LogP contribution >= 0.6 is 0 Å². The van der Waals surface area contributed by atoms with E-state index in [0.29, 0.717) is 19.6 Å². The third-order valence-electron chi connectivity index (χ3n) is 2.19. The summed E-state index contributed by atoms with van der Waals surface area (Å²) in [5, 5.41) is 8.83. The first-order chi connectivity index (χ1) is 7.15. The van der Waals surface area contributed by atoms with Crippen molar-refractivity contribution in [3.63, 3.8) is 0 Å². The van der Waals surface area contributed by atoms with E-state index in [1.165, 1.54) is 0 Å². The maximum Gasteiger partial charge on any atom is 0.223 e. The first kappa shape index (κ1) is 14.4. The normalized spacial score (nSPS) is 12.5. The van der Waals surface area contributed by atoms with Gasteiger partial charge in [-0.1, -0.05) is 13.8 Å². The lowest BCUT2D eigenvalue weighted by atomic mass is 10.1. The molecule has 0 aliphatic rings. The predicted molar refractivity (Wildman–Crippen MR) is 59.6 cm³/mol. The van der Waals surface area contributed by atoms with Gasteiger partial charge in [0.15, 0.2) is 0 Å². The summed E-state index contributed by atoms with van der Waals surface area (Å²) in [6, 6.07) is 0. The minimum absolute atomic E-state index is 0.0321. The summed E-state index contributed by atoms with van der Waals surface area (Å²) in [4.78, 5) is 13.5. The van der Waals surface area contributed by atoms with E-state index in [9.17, 15) is 4.79 Å². The molecule has 1 N–H and O–H groups in total. The lowest BCUT2D eigenvalue weighted by Crippen LogP contribution is -2.35. The molecule has 0 fully saturated rings. The third-order valence-corrected chi connectivity index (χ3v) is 2.19. The SMILES string of the molecule is CCCN(CCO)C(=O)CC(C)COC. The molecule has 0 saturated carbocycles. The quantitative estimate of drug-likeness (QED) is 0.657. The Balaban J connectivity index is 4.00. The highest BCUT2D eigenvalue weighted by Gasteiger charge is 2.15. The fourth-order valence-corrected chi connectivity index (χ4v) is 1.52. The number of amides is 1. The van der Waals surface area contributed by atoms with Crippen molar-refractivity contribution < 1.29 is 14.6 Å². The van der Waals surface area contributed by atoms with Crippen molar-refractivity contribution in [1.82, 2.24) is 4.90 Å². The van der Waals surface area contributed by atoms with Crippen molar-refractivity contribution >= 4 is 5.91 Å². The number of nitrogens with zero attached hydrogens (tertiary/aromatic N) is 1. The summed E-state index contributed by atoms with van der Waals surface area (Å²) >= 11 is 0.